The number of nitrogens with one attached hydrogen (secondary N) is 5. The van der Waals surface area contributed by atoms with E-state index in [0.29, 0.717) is 69.9 Å². The highest BCUT2D eigenvalue weighted by atomic mass is 16.4. The summed E-state index contributed by atoms with van der Waals surface area (Å²) in [5.41, 5.74) is 11.5. The largest absolute Gasteiger partial charge is 0.481 e. The normalized spacial score (nSPS) is 21.8. The lowest BCUT2D eigenvalue weighted by Crippen LogP contribution is -2.55. The maximum Gasteiger partial charge on any atom is 0.324 e. The van der Waals surface area contributed by atoms with Crippen molar-refractivity contribution in [1.29, 1.82) is 0 Å². The molecule has 6 N–H and O–H groups in total. The number of likely N-dealkylation sites (tertiary alicyclic amines) is 3. The Morgan fingerprint density at radius 2 is 0.950 bits per heavy atom. The lowest BCUT2D eigenvalue weighted by Gasteiger charge is -2.47. The van der Waals surface area contributed by atoms with Gasteiger partial charge < -0.3 is 45.4 Å². The molecule has 3 saturated heterocycles. The van der Waals surface area contributed by atoms with Crippen molar-refractivity contribution in [1.82, 2.24) is 64.8 Å². The van der Waals surface area contributed by atoms with Crippen LogP contribution in [-0.4, -0.2) is 254 Å². The number of benzene rings is 3. The van der Waals surface area contributed by atoms with Gasteiger partial charge in [0.15, 0.2) is 0 Å². The van der Waals surface area contributed by atoms with E-state index < -0.39 is 5.97 Å². The Hall–Kier alpha value is -8.01. The molecule has 0 bridgehead atoms. The van der Waals surface area contributed by atoms with Gasteiger partial charge in [-0.25, -0.2) is 19.6 Å². The summed E-state index contributed by atoms with van der Waals surface area (Å²) in [6.45, 7) is 28.0. The number of hydrogen-bond acceptors (Lipinski definition) is 13. The van der Waals surface area contributed by atoms with Gasteiger partial charge in [-0.1, -0.05) is 62.1 Å². The molecule has 0 saturated carbocycles. The number of nitrogens with zero attached hydrogens (tertiary/aromatic N) is 10. The third kappa shape index (κ3) is 18.6. The average Bonchev–Trinajstić information content (AvgIpc) is 1.41. The van der Waals surface area contributed by atoms with Crippen molar-refractivity contribution in [2.75, 3.05) is 140 Å². The van der Waals surface area contributed by atoms with Gasteiger partial charge in [0.2, 0.25) is 11.8 Å². The van der Waals surface area contributed by atoms with Gasteiger partial charge in [-0.05, 0) is 192 Å². The van der Waals surface area contributed by atoms with Crippen LogP contribution < -0.4 is 10.6 Å². The molecule has 21 heteroatoms. The minimum atomic E-state index is -0.681. The standard InChI is InChI=1S/2C26H37N5O2.C18H20N2O2.C8H17N3.CH4/c1-5-12-30-17-19(25(32)31(6-2)26(33)27-11-8-13-29(3)4)14-21-20-9-7-10-22-24(20)18(16-28-22)15-23(21)30;1-5-11-30-17-19(25(32)31(26(33)27-6-2)13-8-12-29(3)4)14-21-20-9-7-10-22-24(20)18(16-28-22)15-23(21)30;1-2-6-20-10-12(18(21)22)7-14-13-4-3-5-15-17(13)11(9-19-15)8-16(14)20;1-4-9-8-10-6-5-7-11(2)3;/h2*5,7,9-10,16,19,21,23,28H,1,6,8,11-15,17H2,2-4H3,(H,27,33);2-5,9,12,14,16,19H,1,6-8,10H2,(H,21,22);4-7H2,1-3H3;1H4/t2*19-,21-,23-;12-,14-,16-;;/m111../s1. The molecule has 3 fully saturated rings. The second kappa shape index (κ2) is 37.1. The number of aliphatic carboxylic acids is 1. The van der Waals surface area contributed by atoms with Gasteiger partial charge in [-0.15, -0.1) is 19.7 Å². The Morgan fingerprint density at radius 3 is 1.35 bits per heavy atom. The molecule has 3 aliphatic carbocycles. The van der Waals surface area contributed by atoms with Gasteiger partial charge in [-0.3, -0.25) is 38.9 Å². The molecule has 6 aliphatic rings. The van der Waals surface area contributed by atoms with Crippen molar-refractivity contribution in [2.45, 2.75) is 122 Å². The molecule has 3 aliphatic heterocycles. The van der Waals surface area contributed by atoms with Crippen molar-refractivity contribution < 1.29 is 29.1 Å². The van der Waals surface area contributed by atoms with Crippen molar-refractivity contribution in [3.8, 4) is 0 Å². The van der Waals surface area contributed by atoms with Crippen LogP contribution in [0.4, 0.5) is 9.59 Å². The van der Waals surface area contributed by atoms with Gasteiger partial charge >= 0.3 is 18.0 Å². The molecule has 100 heavy (non-hydrogen) atoms. The zero-order valence-corrected chi connectivity index (χ0v) is 60.4. The first-order valence-electron chi connectivity index (χ1n) is 36.1. The van der Waals surface area contributed by atoms with Crippen molar-refractivity contribution in [3.63, 3.8) is 0 Å². The van der Waals surface area contributed by atoms with E-state index in [2.05, 4.69) is 178 Å². The Morgan fingerprint density at radius 1 is 0.550 bits per heavy atom. The van der Waals surface area contributed by atoms with E-state index in [1.54, 1.807) is 0 Å². The quantitative estimate of drug-likeness (QED) is 0.0189. The summed E-state index contributed by atoms with van der Waals surface area (Å²) in [5.74, 6) is -0.711. The number of piperidine rings is 3. The number of hydrogen-bond donors (Lipinski definition) is 6. The first-order chi connectivity index (χ1) is 47.8. The third-order valence-corrected chi connectivity index (χ3v) is 20.8. The van der Waals surface area contributed by atoms with Gasteiger partial charge in [0.25, 0.3) is 0 Å². The molecule has 12 rings (SSSR count). The van der Waals surface area contributed by atoms with Crippen LogP contribution in [0.2, 0.25) is 0 Å². The Bertz CT molecular complexity index is 3800. The Balaban J connectivity index is 0.000000179. The van der Waals surface area contributed by atoms with E-state index in [1.807, 2.05) is 67.2 Å². The number of fused-ring (bicyclic) bond motifs is 6. The summed E-state index contributed by atoms with van der Waals surface area (Å²) >= 11 is 0. The average molecular weight is 1370 g/mol. The summed E-state index contributed by atoms with van der Waals surface area (Å²) in [4.78, 5) is 98.8. The number of carbonyl (C=O) groups excluding carboxylic acids is 4. The molecule has 9 atom stereocenters. The van der Waals surface area contributed by atoms with Crippen molar-refractivity contribution in [3.05, 3.63) is 145 Å². The summed E-state index contributed by atoms with van der Waals surface area (Å²) in [6.07, 6.45) is 20.0. The number of carboxylic acids is 1. The predicted octanol–water partition coefficient (Wildman–Crippen LogP) is 10.9. The monoisotopic (exact) mass is 1370 g/mol. The van der Waals surface area contributed by atoms with Gasteiger partial charge in [0.05, 0.1) is 30.3 Å². The van der Waals surface area contributed by atoms with E-state index in [9.17, 15) is 29.1 Å². The fourth-order valence-electron chi connectivity index (χ4n) is 16.3. The maximum absolute atomic E-state index is 13.7. The molecular weight excluding hydrogens is 1250 g/mol. The smallest absolute Gasteiger partial charge is 0.324 e. The molecule has 6 aromatic rings. The summed E-state index contributed by atoms with van der Waals surface area (Å²) < 4.78 is 0. The number of carbonyl (C=O) groups is 5. The first kappa shape index (κ1) is 77.7. The Labute approximate surface area is 594 Å². The highest BCUT2D eigenvalue weighted by Crippen LogP contribution is 2.48. The number of aromatic amines is 3. The number of rotatable bonds is 24. The molecule has 0 radical (unpaired) electrons. The number of urea groups is 2. The molecule has 3 aromatic heterocycles. The minimum Gasteiger partial charge on any atom is -0.481 e. The molecular formula is C79H115N15O6. The zero-order chi connectivity index (χ0) is 70.9. The van der Waals surface area contributed by atoms with Crippen LogP contribution in [0.5, 0.6) is 0 Å². The van der Waals surface area contributed by atoms with E-state index in [4.69, 9.17) is 0 Å². The second-order valence-corrected chi connectivity index (χ2v) is 28.3. The van der Waals surface area contributed by atoms with E-state index in [-0.39, 0.29) is 60.9 Å². The minimum absolute atomic E-state index is 0. The maximum atomic E-state index is 13.7. The number of H-pyrrole nitrogens is 3. The van der Waals surface area contributed by atoms with E-state index in [1.165, 1.54) is 64.9 Å². The third-order valence-electron chi connectivity index (χ3n) is 20.8. The number of amides is 6. The fraction of sp³-hybridized carbons (Fsp3) is 0.544. The number of aromatic nitrogens is 3. The molecule has 6 amide bonds. The zero-order valence-electron chi connectivity index (χ0n) is 60.4. The molecule has 0 unspecified atom stereocenters. The summed E-state index contributed by atoms with van der Waals surface area (Å²) in [6, 6.07) is 22.4. The summed E-state index contributed by atoms with van der Waals surface area (Å²) in [5, 5.41) is 19.2. The number of aliphatic imine (C=N–C) groups is 2. The van der Waals surface area contributed by atoms with Crippen LogP contribution in [0, 0.1) is 17.8 Å². The second-order valence-electron chi connectivity index (χ2n) is 28.3. The van der Waals surface area contributed by atoms with Crippen molar-refractivity contribution >= 4 is 68.6 Å². The predicted molar refractivity (Wildman–Crippen MR) is 406 cm³/mol. The van der Waals surface area contributed by atoms with Crippen LogP contribution in [0.15, 0.2) is 121 Å². The van der Waals surface area contributed by atoms with E-state index in [0.717, 1.165) is 121 Å². The van der Waals surface area contributed by atoms with Crippen molar-refractivity contribution in [2.24, 2.45) is 27.7 Å². The number of imide groups is 2. The van der Waals surface area contributed by atoms with Gasteiger partial charge in [0.1, 0.15) is 0 Å². The molecule has 3 aromatic carbocycles. The SMILES string of the molecule is C.C=CCN1C[C@H](C(=O)N(CC)C(=O)NCCCN(C)C)C[C@@H]2c3cccc4[nH]cc(c34)C[C@H]21.C=CCN1C[C@H](C(=O)N(CCCN(C)C)C(=O)NCC)C[C@@H]2c3cccc4[nH]cc(c34)C[C@H]21.C=CCN1C[C@H](C(=O)O)C[C@@H]2c3cccc4[nH]cc(c34)C[C@H]21.CCN=C=NCCCN(C)C. The number of carboxylic acid groups (broad SMARTS) is 1. The highest BCUT2D eigenvalue weighted by Gasteiger charge is 2.47. The van der Waals surface area contributed by atoms with Crippen LogP contribution in [0.3, 0.4) is 0 Å². The van der Waals surface area contributed by atoms with Gasteiger partial charge in [-0.2, -0.15) is 0 Å². The topological polar surface area (TPSA) is 228 Å². The van der Waals surface area contributed by atoms with Crippen LogP contribution in [-0.2, 0) is 33.6 Å². The van der Waals surface area contributed by atoms with Crippen LogP contribution >= 0.6 is 0 Å². The lowest BCUT2D eigenvalue weighted by atomic mass is 9.72. The molecule has 21 nitrogen and oxygen atoms in total. The Kier molecular flexibility index (Phi) is 28.8. The van der Waals surface area contributed by atoms with Crippen LogP contribution in [0.1, 0.15) is 118 Å². The van der Waals surface area contributed by atoms with Gasteiger partial charge in [0, 0.05) is 159 Å². The molecule has 0 spiro atoms. The van der Waals surface area contributed by atoms with Crippen LogP contribution in [0.25, 0.3) is 32.7 Å². The molecule has 6 heterocycles. The highest BCUT2D eigenvalue weighted by molar-refractivity contribution is 5.97. The van der Waals surface area contributed by atoms with E-state index >= 15 is 0 Å². The summed E-state index contributed by atoms with van der Waals surface area (Å²) in [7, 11) is 12.2. The molecule has 542 valence electrons. The lowest BCUT2D eigenvalue weighted by molar-refractivity contribution is -0.144. The first-order valence-corrected chi connectivity index (χ1v) is 36.1. The fourth-order valence-corrected chi connectivity index (χ4v) is 16.3.